The first-order chi connectivity index (χ1) is 14.4. The van der Waals surface area contributed by atoms with Gasteiger partial charge in [0.15, 0.2) is 5.69 Å². The first-order valence-corrected chi connectivity index (χ1v) is 10.4. The lowest BCUT2D eigenvalue weighted by Gasteiger charge is -2.40. The molecular weight excluding hydrogens is 382 g/mol. The molecule has 1 unspecified atom stereocenters. The van der Waals surface area contributed by atoms with E-state index < -0.39 is 5.54 Å². The highest BCUT2D eigenvalue weighted by Gasteiger charge is 2.46. The minimum absolute atomic E-state index is 0.151. The molecule has 1 fully saturated rings. The van der Waals surface area contributed by atoms with E-state index in [9.17, 15) is 14.4 Å². The highest BCUT2D eigenvalue weighted by molar-refractivity contribution is 6.01. The maximum absolute atomic E-state index is 13.0. The number of piperidine rings is 1. The Hall–Kier alpha value is -3.16. The molecule has 0 spiro atoms. The first-order valence-electron chi connectivity index (χ1n) is 10.4. The smallest absolute Gasteiger partial charge is 0.274 e. The van der Waals surface area contributed by atoms with Crippen LogP contribution in [-0.4, -0.2) is 63.0 Å². The quantitative estimate of drug-likeness (QED) is 0.832. The van der Waals surface area contributed by atoms with Crippen LogP contribution in [0.4, 0.5) is 0 Å². The number of hydrogen-bond acceptors (Lipinski definition) is 4. The molecule has 1 aromatic carbocycles. The average molecular weight is 409 g/mol. The summed E-state index contributed by atoms with van der Waals surface area (Å²) in [6, 6.07) is 11.2. The van der Waals surface area contributed by atoms with Crippen LogP contribution >= 0.6 is 0 Å². The van der Waals surface area contributed by atoms with Crippen LogP contribution in [0.1, 0.15) is 52.7 Å². The van der Waals surface area contributed by atoms with Gasteiger partial charge in [-0.1, -0.05) is 30.3 Å². The molecule has 30 heavy (non-hydrogen) atoms. The summed E-state index contributed by atoms with van der Waals surface area (Å²) in [7, 11) is 1.62. The highest BCUT2D eigenvalue weighted by Crippen LogP contribution is 2.26. The lowest BCUT2D eigenvalue weighted by molar-refractivity contribution is -0.132. The van der Waals surface area contributed by atoms with Gasteiger partial charge in [0.2, 0.25) is 5.91 Å². The molecule has 2 aromatic rings. The summed E-state index contributed by atoms with van der Waals surface area (Å²) in [5, 5.41) is 7.33. The van der Waals surface area contributed by atoms with Crippen LogP contribution in [0.5, 0.6) is 0 Å². The molecule has 0 saturated carbocycles. The summed E-state index contributed by atoms with van der Waals surface area (Å²) < 4.78 is 1.50. The minimum Gasteiger partial charge on any atom is -0.350 e. The highest BCUT2D eigenvalue weighted by atomic mass is 16.2. The van der Waals surface area contributed by atoms with Crippen molar-refractivity contribution in [3.8, 4) is 0 Å². The molecule has 1 saturated heterocycles. The van der Waals surface area contributed by atoms with E-state index in [0.717, 1.165) is 24.8 Å². The molecule has 8 heteroatoms. The van der Waals surface area contributed by atoms with Crippen molar-refractivity contribution in [3.63, 3.8) is 0 Å². The summed E-state index contributed by atoms with van der Waals surface area (Å²) in [5.74, 6) is -0.724. The first kappa shape index (κ1) is 20.1. The third-order valence-electron chi connectivity index (χ3n) is 6.15. The van der Waals surface area contributed by atoms with Gasteiger partial charge in [-0.15, -0.1) is 0 Å². The Balaban J connectivity index is 1.53. The molecule has 1 atom stereocenters. The molecule has 3 heterocycles. The van der Waals surface area contributed by atoms with Crippen LogP contribution in [0.3, 0.4) is 0 Å². The van der Waals surface area contributed by atoms with Gasteiger partial charge in [0, 0.05) is 32.7 Å². The molecule has 1 aromatic heterocycles. The third-order valence-corrected chi connectivity index (χ3v) is 6.15. The maximum Gasteiger partial charge on any atom is 0.274 e. The van der Waals surface area contributed by atoms with Gasteiger partial charge in [0.1, 0.15) is 11.2 Å². The topological polar surface area (TPSA) is 87.5 Å². The molecule has 2 aliphatic rings. The fourth-order valence-electron chi connectivity index (χ4n) is 4.06. The zero-order valence-corrected chi connectivity index (χ0v) is 17.4. The zero-order chi connectivity index (χ0) is 21.3. The summed E-state index contributed by atoms with van der Waals surface area (Å²) in [6.45, 7) is 3.73. The number of nitrogens with one attached hydrogen (secondary N) is 1. The molecule has 4 rings (SSSR count). The normalized spacial score (nSPS) is 21.3. The van der Waals surface area contributed by atoms with E-state index in [2.05, 4.69) is 10.4 Å². The van der Waals surface area contributed by atoms with E-state index in [4.69, 9.17) is 0 Å². The number of nitrogens with zero attached hydrogens (tertiary/aromatic N) is 4. The molecule has 2 aliphatic heterocycles. The van der Waals surface area contributed by atoms with Crippen molar-refractivity contribution >= 4 is 17.7 Å². The van der Waals surface area contributed by atoms with E-state index in [1.807, 2.05) is 30.3 Å². The van der Waals surface area contributed by atoms with Gasteiger partial charge < -0.3 is 15.1 Å². The predicted octanol–water partition coefficient (Wildman–Crippen LogP) is 1.67. The van der Waals surface area contributed by atoms with Crippen molar-refractivity contribution in [3.05, 3.63) is 53.3 Å². The number of hydrogen-bond donors (Lipinski definition) is 1. The number of carbonyl (C=O) groups is 3. The fraction of sp³-hybridized carbons (Fsp3) is 0.455. The molecule has 8 nitrogen and oxygen atoms in total. The lowest BCUT2D eigenvalue weighted by Crippen LogP contribution is -2.62. The number of rotatable bonds is 4. The number of carbonyl (C=O) groups excluding carboxylic acids is 3. The molecule has 0 radical (unpaired) electrons. The van der Waals surface area contributed by atoms with Crippen molar-refractivity contribution in [2.45, 2.75) is 44.8 Å². The molecule has 1 N–H and O–H groups in total. The Labute approximate surface area is 175 Å². The van der Waals surface area contributed by atoms with Crippen LogP contribution in [0.15, 0.2) is 36.4 Å². The second-order valence-electron chi connectivity index (χ2n) is 8.23. The van der Waals surface area contributed by atoms with Crippen molar-refractivity contribution in [1.29, 1.82) is 0 Å². The standard InChI is InChI=1S/C22H27N5O3/c1-22(21(30)23-14-16-9-5-3-6-10-16)15-27-18(20(29)25(22)2)13-17(24-27)19(28)26-11-7-4-8-12-26/h3,5-6,9-10,13H,4,7-8,11-12,14-15H2,1-2H3,(H,23,30). The average Bonchev–Trinajstić information content (AvgIpc) is 3.20. The molecule has 158 valence electrons. The van der Waals surface area contributed by atoms with E-state index in [0.29, 0.717) is 25.3 Å². The number of benzene rings is 1. The van der Waals surface area contributed by atoms with Crippen LogP contribution in [-0.2, 0) is 17.9 Å². The largest absolute Gasteiger partial charge is 0.350 e. The molecular formula is C22H27N5O3. The molecule has 0 bridgehead atoms. The van der Waals surface area contributed by atoms with Crippen molar-refractivity contribution in [1.82, 2.24) is 24.9 Å². The van der Waals surface area contributed by atoms with Gasteiger partial charge in [-0.05, 0) is 31.7 Å². The van der Waals surface area contributed by atoms with E-state index in [1.165, 1.54) is 9.58 Å². The van der Waals surface area contributed by atoms with Crippen molar-refractivity contribution in [2.75, 3.05) is 20.1 Å². The van der Waals surface area contributed by atoms with Crippen molar-refractivity contribution in [2.24, 2.45) is 0 Å². The molecule has 3 amide bonds. The summed E-state index contributed by atoms with van der Waals surface area (Å²) in [6.07, 6.45) is 3.10. The second-order valence-corrected chi connectivity index (χ2v) is 8.23. The Morgan fingerprint density at radius 2 is 1.83 bits per heavy atom. The van der Waals surface area contributed by atoms with Crippen LogP contribution < -0.4 is 5.32 Å². The zero-order valence-electron chi connectivity index (χ0n) is 17.4. The molecule has 0 aliphatic carbocycles. The second kappa shape index (κ2) is 7.93. The predicted molar refractivity (Wildman–Crippen MR) is 111 cm³/mol. The Kier molecular flexibility index (Phi) is 5.32. The number of aromatic nitrogens is 2. The lowest BCUT2D eigenvalue weighted by atomic mass is 9.96. The van der Waals surface area contributed by atoms with Crippen LogP contribution in [0, 0.1) is 0 Å². The van der Waals surface area contributed by atoms with Gasteiger partial charge in [-0.2, -0.15) is 5.10 Å². The van der Waals surface area contributed by atoms with Gasteiger partial charge in [0.25, 0.3) is 11.8 Å². The summed E-state index contributed by atoms with van der Waals surface area (Å²) in [4.78, 5) is 42.0. The van der Waals surface area contributed by atoms with Gasteiger partial charge in [0.05, 0.1) is 6.54 Å². The number of fused-ring (bicyclic) bond motifs is 1. The summed E-state index contributed by atoms with van der Waals surface area (Å²) in [5.41, 5.74) is 0.485. The maximum atomic E-state index is 13.0. The van der Waals surface area contributed by atoms with Crippen molar-refractivity contribution < 1.29 is 14.4 Å². The minimum atomic E-state index is -1.10. The monoisotopic (exact) mass is 409 g/mol. The van der Waals surface area contributed by atoms with E-state index >= 15 is 0 Å². The van der Waals surface area contributed by atoms with E-state index in [1.54, 1.807) is 24.9 Å². The number of likely N-dealkylation sites (N-methyl/N-ethyl adjacent to an activating group) is 1. The Bertz CT molecular complexity index is 964. The van der Waals surface area contributed by atoms with Crippen LogP contribution in [0.25, 0.3) is 0 Å². The fourth-order valence-corrected chi connectivity index (χ4v) is 4.06. The summed E-state index contributed by atoms with van der Waals surface area (Å²) >= 11 is 0. The third kappa shape index (κ3) is 3.58. The van der Waals surface area contributed by atoms with Gasteiger partial charge >= 0.3 is 0 Å². The van der Waals surface area contributed by atoms with Gasteiger partial charge in [-0.25, -0.2) is 0 Å². The van der Waals surface area contributed by atoms with Crippen LogP contribution in [0.2, 0.25) is 0 Å². The van der Waals surface area contributed by atoms with E-state index in [-0.39, 0.29) is 30.0 Å². The Morgan fingerprint density at radius 1 is 1.13 bits per heavy atom. The Morgan fingerprint density at radius 3 is 2.53 bits per heavy atom. The SMILES string of the molecule is CN1C(=O)c2cc(C(=O)N3CCCCC3)nn2CC1(C)C(=O)NCc1ccccc1. The number of likely N-dealkylation sites (tertiary alicyclic amines) is 1. The van der Waals surface area contributed by atoms with Gasteiger partial charge in [-0.3, -0.25) is 19.1 Å². The number of amides is 3.